The van der Waals surface area contributed by atoms with Crippen molar-refractivity contribution < 1.29 is 29.0 Å². The second-order valence-corrected chi connectivity index (χ2v) is 7.32. The second-order valence-electron chi connectivity index (χ2n) is 7.32. The summed E-state index contributed by atoms with van der Waals surface area (Å²) in [6, 6.07) is 5.18. The molecule has 0 saturated carbocycles. The molecule has 0 radical (unpaired) electrons. The highest BCUT2D eigenvalue weighted by molar-refractivity contribution is 6.00. The van der Waals surface area contributed by atoms with E-state index in [0.717, 1.165) is 0 Å². The number of ether oxygens (including phenoxy) is 2. The average molecular weight is 376 g/mol. The van der Waals surface area contributed by atoms with E-state index in [1.165, 1.54) is 14.2 Å². The molecular weight excluding hydrogens is 352 g/mol. The van der Waals surface area contributed by atoms with Gasteiger partial charge in [-0.2, -0.15) is 0 Å². The molecule has 1 N–H and O–H groups in total. The summed E-state index contributed by atoms with van der Waals surface area (Å²) in [5.74, 6) is -0.592. The smallest absolute Gasteiger partial charge is 0.311 e. The van der Waals surface area contributed by atoms with Crippen LogP contribution in [0.4, 0.5) is 5.69 Å². The Kier molecular flexibility index (Phi) is 4.99. The maximum absolute atomic E-state index is 12.8. The molecule has 2 aliphatic heterocycles. The van der Waals surface area contributed by atoms with E-state index in [-0.39, 0.29) is 31.3 Å². The Hall–Kier alpha value is -2.77. The number of carboxylic acids is 1. The normalized spacial score (nSPS) is 25.0. The number of carbonyl (C=O) groups is 3. The van der Waals surface area contributed by atoms with Gasteiger partial charge in [-0.15, -0.1) is 0 Å². The van der Waals surface area contributed by atoms with Gasteiger partial charge in [0.25, 0.3) is 0 Å². The molecule has 0 aliphatic carbocycles. The topological polar surface area (TPSA) is 96.4 Å². The number of carboxylic acid groups (broad SMARTS) is 1. The molecule has 8 heteroatoms. The van der Waals surface area contributed by atoms with E-state index in [1.54, 1.807) is 34.9 Å². The number of aliphatic carboxylic acids is 1. The van der Waals surface area contributed by atoms with E-state index in [9.17, 15) is 19.5 Å². The third kappa shape index (κ3) is 3.43. The standard InChI is InChI=1S/C19H24N2O6/c1-19(18(24)25)6-7-20(11-19)17(23)12-8-16(22)21(10-12)13-4-5-14(26-2)15(9-13)27-3/h4-5,9,12H,6-8,10-11H2,1-3H3,(H,24,25)/t12-,19-/m1/s1. The molecule has 146 valence electrons. The highest BCUT2D eigenvalue weighted by Crippen LogP contribution is 2.36. The van der Waals surface area contributed by atoms with Crippen molar-refractivity contribution in [1.82, 2.24) is 4.90 Å². The Balaban J connectivity index is 1.72. The fourth-order valence-corrected chi connectivity index (χ4v) is 3.70. The van der Waals surface area contributed by atoms with Gasteiger partial charge >= 0.3 is 5.97 Å². The first kappa shape index (κ1) is 19.0. The van der Waals surface area contributed by atoms with Crippen molar-refractivity contribution in [3.63, 3.8) is 0 Å². The molecule has 2 atom stereocenters. The van der Waals surface area contributed by atoms with Gasteiger partial charge in [-0.05, 0) is 25.5 Å². The fourth-order valence-electron chi connectivity index (χ4n) is 3.70. The number of rotatable bonds is 5. The number of anilines is 1. The van der Waals surface area contributed by atoms with Crippen LogP contribution in [0.3, 0.4) is 0 Å². The second kappa shape index (κ2) is 7.09. The van der Waals surface area contributed by atoms with Gasteiger partial charge in [-0.1, -0.05) is 0 Å². The first-order valence-corrected chi connectivity index (χ1v) is 8.83. The first-order chi connectivity index (χ1) is 12.8. The van der Waals surface area contributed by atoms with Crippen LogP contribution in [0.1, 0.15) is 19.8 Å². The molecule has 3 rings (SSSR count). The summed E-state index contributed by atoms with van der Waals surface area (Å²) in [4.78, 5) is 39.8. The lowest BCUT2D eigenvalue weighted by molar-refractivity contribution is -0.147. The van der Waals surface area contributed by atoms with Crippen molar-refractivity contribution in [3.05, 3.63) is 18.2 Å². The molecule has 27 heavy (non-hydrogen) atoms. The Morgan fingerprint density at radius 2 is 1.93 bits per heavy atom. The zero-order valence-corrected chi connectivity index (χ0v) is 15.7. The minimum Gasteiger partial charge on any atom is -0.493 e. The van der Waals surface area contributed by atoms with Gasteiger partial charge in [0.1, 0.15) is 0 Å². The number of amides is 2. The number of benzene rings is 1. The van der Waals surface area contributed by atoms with Crippen LogP contribution in [0.2, 0.25) is 0 Å². The van der Waals surface area contributed by atoms with E-state index < -0.39 is 17.3 Å². The zero-order chi connectivity index (χ0) is 19.8. The summed E-state index contributed by atoms with van der Waals surface area (Å²) in [7, 11) is 3.06. The summed E-state index contributed by atoms with van der Waals surface area (Å²) in [6.45, 7) is 2.51. The van der Waals surface area contributed by atoms with Crippen molar-refractivity contribution in [3.8, 4) is 11.5 Å². The van der Waals surface area contributed by atoms with E-state index in [0.29, 0.717) is 30.2 Å². The van der Waals surface area contributed by atoms with Gasteiger partial charge in [0, 0.05) is 37.8 Å². The predicted molar refractivity (Wildman–Crippen MR) is 96.9 cm³/mol. The van der Waals surface area contributed by atoms with E-state index in [2.05, 4.69) is 0 Å². The van der Waals surface area contributed by atoms with Crippen LogP contribution in [-0.4, -0.2) is 61.6 Å². The minimum absolute atomic E-state index is 0.119. The molecule has 0 unspecified atom stereocenters. The Labute approximate surface area is 157 Å². The minimum atomic E-state index is -0.915. The molecule has 2 amide bonds. The molecule has 8 nitrogen and oxygen atoms in total. The number of nitrogens with zero attached hydrogens (tertiary/aromatic N) is 2. The van der Waals surface area contributed by atoms with E-state index in [4.69, 9.17) is 9.47 Å². The van der Waals surface area contributed by atoms with Crippen molar-refractivity contribution in [2.24, 2.45) is 11.3 Å². The lowest BCUT2D eigenvalue weighted by Gasteiger charge is -2.23. The molecule has 1 aromatic rings. The number of hydrogen-bond acceptors (Lipinski definition) is 5. The van der Waals surface area contributed by atoms with Gasteiger partial charge < -0.3 is 24.4 Å². The molecule has 0 spiro atoms. The highest BCUT2D eigenvalue weighted by atomic mass is 16.5. The monoisotopic (exact) mass is 376 g/mol. The number of carbonyl (C=O) groups excluding carboxylic acids is 2. The van der Waals surface area contributed by atoms with Crippen LogP contribution in [-0.2, 0) is 14.4 Å². The molecule has 2 heterocycles. The van der Waals surface area contributed by atoms with Crippen molar-refractivity contribution in [2.45, 2.75) is 19.8 Å². The van der Waals surface area contributed by atoms with Gasteiger partial charge in [0.05, 0.1) is 25.6 Å². The largest absolute Gasteiger partial charge is 0.493 e. The molecule has 0 bridgehead atoms. The van der Waals surface area contributed by atoms with Crippen molar-refractivity contribution in [1.29, 1.82) is 0 Å². The molecule has 1 aromatic carbocycles. The molecule has 2 saturated heterocycles. The summed E-state index contributed by atoms with van der Waals surface area (Å²) in [5, 5.41) is 9.34. The molecule has 0 aromatic heterocycles. The fraction of sp³-hybridized carbons (Fsp3) is 0.526. The highest BCUT2D eigenvalue weighted by Gasteiger charge is 2.45. The van der Waals surface area contributed by atoms with Gasteiger partial charge in [-0.25, -0.2) is 0 Å². The van der Waals surface area contributed by atoms with Crippen molar-refractivity contribution in [2.75, 3.05) is 38.8 Å². The third-order valence-electron chi connectivity index (χ3n) is 5.45. The molecule has 2 fully saturated rings. The Bertz CT molecular complexity index is 779. The Morgan fingerprint density at radius 3 is 2.52 bits per heavy atom. The van der Waals surface area contributed by atoms with Crippen LogP contribution in [0, 0.1) is 11.3 Å². The van der Waals surface area contributed by atoms with Crippen LogP contribution in [0.25, 0.3) is 0 Å². The lowest BCUT2D eigenvalue weighted by Crippen LogP contribution is -2.39. The van der Waals surface area contributed by atoms with E-state index >= 15 is 0 Å². The molecular formula is C19H24N2O6. The maximum Gasteiger partial charge on any atom is 0.311 e. The lowest BCUT2D eigenvalue weighted by atomic mass is 9.90. The summed E-state index contributed by atoms with van der Waals surface area (Å²) in [6.07, 6.45) is 0.543. The Morgan fingerprint density at radius 1 is 1.22 bits per heavy atom. The summed E-state index contributed by atoms with van der Waals surface area (Å²) in [5.41, 5.74) is -0.272. The van der Waals surface area contributed by atoms with Crippen molar-refractivity contribution >= 4 is 23.5 Å². The summed E-state index contributed by atoms with van der Waals surface area (Å²) >= 11 is 0. The average Bonchev–Trinajstić information content (AvgIpc) is 3.24. The SMILES string of the molecule is COc1ccc(N2C[C@H](C(=O)N3CC[C@@](C)(C(=O)O)C3)CC2=O)cc1OC. The van der Waals surface area contributed by atoms with E-state index in [1.807, 2.05) is 0 Å². The number of hydrogen-bond donors (Lipinski definition) is 1. The number of methoxy groups -OCH3 is 2. The third-order valence-corrected chi connectivity index (χ3v) is 5.45. The first-order valence-electron chi connectivity index (χ1n) is 8.83. The van der Waals surface area contributed by atoms with Gasteiger partial charge in [0.15, 0.2) is 11.5 Å². The quantitative estimate of drug-likeness (QED) is 0.834. The van der Waals surface area contributed by atoms with Gasteiger partial charge in [-0.3, -0.25) is 14.4 Å². The number of likely N-dealkylation sites (tertiary alicyclic amines) is 1. The summed E-state index contributed by atoms with van der Waals surface area (Å²) < 4.78 is 10.5. The molecule has 2 aliphatic rings. The van der Waals surface area contributed by atoms with Crippen LogP contribution in [0.15, 0.2) is 18.2 Å². The van der Waals surface area contributed by atoms with Gasteiger partial charge in [0.2, 0.25) is 11.8 Å². The van der Waals surface area contributed by atoms with Crippen LogP contribution >= 0.6 is 0 Å². The zero-order valence-electron chi connectivity index (χ0n) is 15.7. The van der Waals surface area contributed by atoms with Crippen LogP contribution < -0.4 is 14.4 Å². The predicted octanol–water partition coefficient (Wildman–Crippen LogP) is 1.38. The maximum atomic E-state index is 12.8. The van der Waals surface area contributed by atoms with Crippen LogP contribution in [0.5, 0.6) is 11.5 Å².